The Balaban J connectivity index is 1.42. The van der Waals surface area contributed by atoms with Gasteiger partial charge >= 0.3 is 0 Å². The molecule has 0 spiro atoms. The molecular formula is C18H19F2N3OS. The Kier molecular flexibility index (Phi) is 6.25. The van der Waals surface area contributed by atoms with Crippen molar-refractivity contribution >= 4 is 11.8 Å². The van der Waals surface area contributed by atoms with E-state index in [0.29, 0.717) is 30.6 Å². The average Bonchev–Trinajstić information content (AvgIpc) is 3.26. The summed E-state index contributed by atoms with van der Waals surface area (Å²) in [5.74, 6) is -0.855. The molecule has 0 radical (unpaired) electrons. The van der Waals surface area contributed by atoms with E-state index in [1.165, 1.54) is 11.1 Å². The second kappa shape index (κ2) is 8.82. The fourth-order valence-electron chi connectivity index (χ4n) is 2.42. The number of imidazole rings is 1. The predicted octanol–water partition coefficient (Wildman–Crippen LogP) is 4.27. The second-order valence-corrected chi connectivity index (χ2v) is 6.57. The number of thioether (sulfide) groups is 1. The van der Waals surface area contributed by atoms with Crippen LogP contribution in [-0.4, -0.2) is 15.3 Å². The molecule has 25 heavy (non-hydrogen) atoms. The van der Waals surface area contributed by atoms with E-state index in [1.54, 1.807) is 18.6 Å². The van der Waals surface area contributed by atoms with Crippen molar-refractivity contribution in [1.29, 1.82) is 0 Å². The van der Waals surface area contributed by atoms with E-state index in [1.807, 2.05) is 16.8 Å². The number of benzene rings is 1. The quantitative estimate of drug-likeness (QED) is 0.617. The van der Waals surface area contributed by atoms with Gasteiger partial charge in [0.25, 0.3) is 5.76 Å². The molecule has 1 N–H and O–H groups in total. The van der Waals surface area contributed by atoms with Crippen molar-refractivity contribution in [2.45, 2.75) is 31.1 Å². The lowest BCUT2D eigenvalue weighted by atomic mass is 10.1. The van der Waals surface area contributed by atoms with Crippen molar-refractivity contribution < 1.29 is 13.2 Å². The van der Waals surface area contributed by atoms with E-state index in [4.69, 9.17) is 4.42 Å². The van der Waals surface area contributed by atoms with Crippen LogP contribution in [0.15, 0.2) is 59.5 Å². The van der Waals surface area contributed by atoms with Gasteiger partial charge in [0.15, 0.2) is 0 Å². The summed E-state index contributed by atoms with van der Waals surface area (Å²) in [6.07, 6.45) is 5.50. The molecule has 0 bridgehead atoms. The van der Waals surface area contributed by atoms with Gasteiger partial charge in [0.05, 0.1) is 18.6 Å². The van der Waals surface area contributed by atoms with Crippen LogP contribution in [0.2, 0.25) is 0 Å². The molecule has 0 saturated carbocycles. The fourth-order valence-corrected chi connectivity index (χ4v) is 2.87. The number of halogens is 2. The predicted molar refractivity (Wildman–Crippen MR) is 94.3 cm³/mol. The lowest BCUT2D eigenvalue weighted by molar-refractivity contribution is 0.251. The van der Waals surface area contributed by atoms with Crippen molar-refractivity contribution in [2.24, 2.45) is 0 Å². The van der Waals surface area contributed by atoms with Gasteiger partial charge < -0.3 is 14.3 Å². The molecule has 0 saturated heterocycles. The molecule has 0 aliphatic rings. The summed E-state index contributed by atoms with van der Waals surface area (Å²) in [5, 5.41) is 3.30. The van der Waals surface area contributed by atoms with Gasteiger partial charge in [-0.2, -0.15) is 8.78 Å². The molecule has 2 aromatic heterocycles. The maximum atomic E-state index is 12.2. The molecule has 0 fully saturated rings. The smallest absolute Gasteiger partial charge is 0.284 e. The van der Waals surface area contributed by atoms with Gasteiger partial charge in [-0.25, -0.2) is 4.98 Å². The molecule has 0 aliphatic heterocycles. The summed E-state index contributed by atoms with van der Waals surface area (Å²) >= 11 is 0.568. The summed E-state index contributed by atoms with van der Waals surface area (Å²) in [7, 11) is 0. The first kappa shape index (κ1) is 17.7. The van der Waals surface area contributed by atoms with Crippen LogP contribution in [0.5, 0.6) is 0 Å². The lowest BCUT2D eigenvalue weighted by Crippen LogP contribution is -2.12. The Morgan fingerprint density at radius 1 is 1.04 bits per heavy atom. The highest BCUT2D eigenvalue weighted by Crippen LogP contribution is 2.21. The number of alkyl halides is 2. The number of hydrogen-bond acceptors (Lipinski definition) is 4. The lowest BCUT2D eigenvalue weighted by Gasteiger charge is -2.06. The first-order valence-corrected chi connectivity index (χ1v) is 8.95. The van der Waals surface area contributed by atoms with Gasteiger partial charge in [-0.15, -0.1) is 0 Å². The van der Waals surface area contributed by atoms with Crippen LogP contribution >= 0.6 is 11.8 Å². The SMILES string of the molecule is FC(F)SCc1ccc(CNCc2ccc(Cn3ccnc3)cc2)o1. The van der Waals surface area contributed by atoms with Gasteiger partial charge in [-0.3, -0.25) is 0 Å². The van der Waals surface area contributed by atoms with Crippen LogP contribution in [0.1, 0.15) is 22.6 Å². The zero-order valence-electron chi connectivity index (χ0n) is 13.6. The summed E-state index contributed by atoms with van der Waals surface area (Å²) in [6.45, 7) is 2.09. The second-order valence-electron chi connectivity index (χ2n) is 5.59. The van der Waals surface area contributed by atoms with E-state index in [-0.39, 0.29) is 5.75 Å². The highest BCUT2D eigenvalue weighted by atomic mass is 32.2. The Morgan fingerprint density at radius 2 is 1.80 bits per heavy atom. The molecule has 1 aromatic carbocycles. The highest BCUT2D eigenvalue weighted by Gasteiger charge is 2.07. The summed E-state index contributed by atoms with van der Waals surface area (Å²) < 4.78 is 31.9. The minimum Gasteiger partial charge on any atom is -0.464 e. The molecule has 0 unspecified atom stereocenters. The molecule has 3 rings (SSSR count). The van der Waals surface area contributed by atoms with E-state index in [9.17, 15) is 8.78 Å². The monoisotopic (exact) mass is 363 g/mol. The number of aromatic nitrogens is 2. The topological polar surface area (TPSA) is 43.0 Å². The fraction of sp³-hybridized carbons (Fsp3) is 0.278. The summed E-state index contributed by atoms with van der Waals surface area (Å²) in [5.41, 5.74) is 2.39. The molecule has 0 atom stereocenters. The maximum absolute atomic E-state index is 12.2. The Bertz CT molecular complexity index is 757. The van der Waals surface area contributed by atoms with E-state index < -0.39 is 5.76 Å². The normalized spacial score (nSPS) is 11.3. The number of nitrogens with one attached hydrogen (secondary N) is 1. The first-order valence-electron chi connectivity index (χ1n) is 7.90. The molecule has 3 aromatic rings. The Morgan fingerprint density at radius 3 is 2.52 bits per heavy atom. The molecule has 7 heteroatoms. The zero-order chi connectivity index (χ0) is 17.5. The minimum atomic E-state index is -2.37. The van der Waals surface area contributed by atoms with Gasteiger partial charge in [-0.1, -0.05) is 36.0 Å². The van der Waals surface area contributed by atoms with Crippen molar-refractivity contribution in [3.05, 3.63) is 77.8 Å². The van der Waals surface area contributed by atoms with Crippen LogP contribution < -0.4 is 5.32 Å². The standard InChI is InChI=1S/C18H19F2N3OS/c19-18(20)25-12-17-6-5-16(24-17)10-22-9-14-1-3-15(4-2-14)11-23-8-7-21-13-23/h1-8,13,18,22H,9-12H2. The molecular weight excluding hydrogens is 344 g/mol. The van der Waals surface area contributed by atoms with E-state index in [0.717, 1.165) is 12.3 Å². The number of rotatable bonds is 9. The van der Waals surface area contributed by atoms with Gasteiger partial charge in [0, 0.05) is 25.5 Å². The van der Waals surface area contributed by atoms with Gasteiger partial charge in [-0.05, 0) is 23.3 Å². The van der Waals surface area contributed by atoms with Crippen molar-refractivity contribution in [3.63, 3.8) is 0 Å². The minimum absolute atomic E-state index is 0.191. The van der Waals surface area contributed by atoms with Crippen LogP contribution in [0, 0.1) is 0 Å². The number of hydrogen-bond donors (Lipinski definition) is 1. The van der Waals surface area contributed by atoms with Gasteiger partial charge in [0.2, 0.25) is 0 Å². The number of furan rings is 1. The van der Waals surface area contributed by atoms with Crippen LogP contribution in [0.4, 0.5) is 8.78 Å². The largest absolute Gasteiger partial charge is 0.464 e. The first-order chi connectivity index (χ1) is 12.2. The van der Waals surface area contributed by atoms with E-state index in [2.05, 4.69) is 34.6 Å². The van der Waals surface area contributed by atoms with Crippen molar-refractivity contribution in [1.82, 2.24) is 14.9 Å². The van der Waals surface area contributed by atoms with Crippen molar-refractivity contribution in [2.75, 3.05) is 0 Å². The number of nitrogens with zero attached hydrogens (tertiary/aromatic N) is 2. The molecule has 0 aliphatic carbocycles. The summed E-state index contributed by atoms with van der Waals surface area (Å²) in [6, 6.07) is 11.9. The molecule has 4 nitrogen and oxygen atoms in total. The van der Waals surface area contributed by atoms with Crippen molar-refractivity contribution in [3.8, 4) is 0 Å². The molecule has 132 valence electrons. The third-order valence-electron chi connectivity index (χ3n) is 3.64. The van der Waals surface area contributed by atoms with Crippen LogP contribution in [0.3, 0.4) is 0 Å². The highest BCUT2D eigenvalue weighted by molar-refractivity contribution is 7.98. The van der Waals surface area contributed by atoms with E-state index >= 15 is 0 Å². The average molecular weight is 363 g/mol. The third-order valence-corrected chi connectivity index (χ3v) is 4.35. The third kappa shape index (κ3) is 5.72. The maximum Gasteiger partial charge on any atom is 0.284 e. The molecule has 0 amide bonds. The Labute approximate surface area is 149 Å². The molecule has 2 heterocycles. The Hall–Kier alpha value is -2.12. The summed E-state index contributed by atoms with van der Waals surface area (Å²) in [4.78, 5) is 4.03. The van der Waals surface area contributed by atoms with Gasteiger partial charge in [0.1, 0.15) is 11.5 Å². The van der Waals surface area contributed by atoms with Crippen LogP contribution in [-0.2, 0) is 25.4 Å². The zero-order valence-corrected chi connectivity index (χ0v) is 14.4. The van der Waals surface area contributed by atoms with Crippen LogP contribution in [0.25, 0.3) is 0 Å².